The van der Waals surface area contributed by atoms with Gasteiger partial charge in [0.2, 0.25) is 5.91 Å². The van der Waals surface area contributed by atoms with Gasteiger partial charge in [0.25, 0.3) is 0 Å². The van der Waals surface area contributed by atoms with E-state index in [0.29, 0.717) is 0 Å². The number of piperidine rings is 1. The normalized spacial score (nSPS) is 14.8. The van der Waals surface area contributed by atoms with Crippen molar-refractivity contribution in [1.29, 1.82) is 0 Å². The van der Waals surface area contributed by atoms with Crippen LogP contribution < -0.4 is 10.2 Å². The number of nitrogens with one attached hydrogen (secondary N) is 1. The second-order valence-electron chi connectivity index (χ2n) is 5.97. The van der Waals surface area contributed by atoms with Crippen LogP contribution in [0.15, 0.2) is 59.1 Å². The van der Waals surface area contributed by atoms with E-state index in [1.807, 2.05) is 42.5 Å². The third kappa shape index (κ3) is 4.71. The number of amides is 1. The summed E-state index contributed by atoms with van der Waals surface area (Å²) >= 11 is 3.42. The molecular weight excluding hydrogens is 364 g/mol. The maximum absolute atomic E-state index is 12.0. The summed E-state index contributed by atoms with van der Waals surface area (Å²) in [6, 6.07) is 15.9. The molecule has 24 heavy (non-hydrogen) atoms. The summed E-state index contributed by atoms with van der Waals surface area (Å²) in [6.45, 7) is 2.25. The third-order valence-corrected chi connectivity index (χ3v) is 4.63. The zero-order valence-electron chi connectivity index (χ0n) is 13.5. The number of nitrogens with zero attached hydrogens (tertiary/aromatic N) is 1. The van der Waals surface area contributed by atoms with Crippen LogP contribution in [0.3, 0.4) is 0 Å². The molecule has 0 radical (unpaired) electrons. The predicted molar refractivity (Wildman–Crippen MR) is 104 cm³/mol. The number of rotatable bonds is 4. The van der Waals surface area contributed by atoms with Crippen molar-refractivity contribution in [3.05, 3.63) is 64.6 Å². The molecule has 2 aromatic carbocycles. The van der Waals surface area contributed by atoms with Gasteiger partial charge in [0, 0.05) is 35.0 Å². The molecule has 0 aromatic heterocycles. The van der Waals surface area contributed by atoms with Crippen molar-refractivity contribution >= 4 is 39.3 Å². The van der Waals surface area contributed by atoms with Crippen molar-refractivity contribution in [3.63, 3.8) is 0 Å². The summed E-state index contributed by atoms with van der Waals surface area (Å²) in [5.74, 6) is -0.124. The van der Waals surface area contributed by atoms with Crippen molar-refractivity contribution in [3.8, 4) is 0 Å². The highest BCUT2D eigenvalue weighted by molar-refractivity contribution is 9.10. The van der Waals surface area contributed by atoms with E-state index in [4.69, 9.17) is 0 Å². The molecule has 0 saturated carbocycles. The number of halogens is 1. The number of benzene rings is 2. The molecule has 1 N–H and O–H groups in total. The number of carbonyl (C=O) groups excluding carboxylic acids is 1. The van der Waals surface area contributed by atoms with Gasteiger partial charge >= 0.3 is 0 Å². The molecule has 4 heteroatoms. The Morgan fingerprint density at radius 2 is 1.79 bits per heavy atom. The van der Waals surface area contributed by atoms with Gasteiger partial charge in [-0.1, -0.05) is 28.1 Å². The molecule has 1 fully saturated rings. The number of carbonyl (C=O) groups is 1. The first-order chi connectivity index (χ1) is 11.7. The van der Waals surface area contributed by atoms with Crippen LogP contribution in [0.4, 0.5) is 11.4 Å². The van der Waals surface area contributed by atoms with E-state index in [1.165, 1.54) is 24.9 Å². The van der Waals surface area contributed by atoms with E-state index in [9.17, 15) is 4.79 Å². The summed E-state index contributed by atoms with van der Waals surface area (Å²) in [5, 5.41) is 2.90. The highest BCUT2D eigenvalue weighted by Gasteiger charge is 2.10. The van der Waals surface area contributed by atoms with E-state index in [1.54, 1.807) is 6.08 Å². The average Bonchev–Trinajstić information content (AvgIpc) is 2.61. The van der Waals surface area contributed by atoms with E-state index in [2.05, 4.69) is 38.3 Å². The molecule has 1 aliphatic heterocycles. The second kappa shape index (κ2) is 8.15. The van der Waals surface area contributed by atoms with Gasteiger partial charge in [-0.3, -0.25) is 4.79 Å². The molecule has 1 saturated heterocycles. The Balaban J connectivity index is 1.58. The SMILES string of the molecule is O=C(/C=C/c1cccc(Br)c1)Nc1ccc(N2CCCCC2)cc1. The van der Waals surface area contributed by atoms with Crippen molar-refractivity contribution in [2.24, 2.45) is 0 Å². The lowest BCUT2D eigenvalue weighted by Crippen LogP contribution is -2.29. The summed E-state index contributed by atoms with van der Waals surface area (Å²) in [4.78, 5) is 14.4. The molecule has 0 aliphatic carbocycles. The number of hydrogen-bond acceptors (Lipinski definition) is 2. The first kappa shape index (κ1) is 16.8. The Kier molecular flexibility index (Phi) is 5.70. The van der Waals surface area contributed by atoms with Gasteiger partial charge in [0.05, 0.1) is 0 Å². The predicted octanol–water partition coefficient (Wildman–Crippen LogP) is 5.09. The van der Waals surface area contributed by atoms with Crippen LogP contribution in [0, 0.1) is 0 Å². The Morgan fingerprint density at radius 3 is 2.50 bits per heavy atom. The van der Waals surface area contributed by atoms with Gasteiger partial charge in [-0.25, -0.2) is 0 Å². The quantitative estimate of drug-likeness (QED) is 0.744. The first-order valence-corrected chi connectivity index (χ1v) is 9.10. The summed E-state index contributed by atoms with van der Waals surface area (Å²) in [6.07, 6.45) is 7.22. The lowest BCUT2D eigenvalue weighted by atomic mass is 10.1. The minimum Gasteiger partial charge on any atom is -0.372 e. The second-order valence-corrected chi connectivity index (χ2v) is 6.89. The van der Waals surface area contributed by atoms with Crippen molar-refractivity contribution in [2.75, 3.05) is 23.3 Å². The van der Waals surface area contributed by atoms with Gasteiger partial charge in [-0.05, 0) is 67.3 Å². The Labute approximate surface area is 151 Å². The van der Waals surface area contributed by atoms with E-state index < -0.39 is 0 Å². The Hall–Kier alpha value is -2.07. The molecule has 1 aliphatic rings. The maximum Gasteiger partial charge on any atom is 0.248 e. The molecule has 124 valence electrons. The monoisotopic (exact) mass is 384 g/mol. The van der Waals surface area contributed by atoms with Gasteiger partial charge in [-0.15, -0.1) is 0 Å². The minimum atomic E-state index is -0.124. The molecule has 0 spiro atoms. The van der Waals surface area contributed by atoms with Crippen molar-refractivity contribution < 1.29 is 4.79 Å². The van der Waals surface area contributed by atoms with E-state index in [-0.39, 0.29) is 5.91 Å². The third-order valence-electron chi connectivity index (χ3n) is 4.13. The molecule has 3 nitrogen and oxygen atoms in total. The first-order valence-electron chi connectivity index (χ1n) is 8.30. The van der Waals surface area contributed by atoms with Crippen LogP contribution in [0.2, 0.25) is 0 Å². The number of hydrogen-bond donors (Lipinski definition) is 1. The van der Waals surface area contributed by atoms with Gasteiger partial charge < -0.3 is 10.2 Å². The van der Waals surface area contributed by atoms with E-state index >= 15 is 0 Å². The van der Waals surface area contributed by atoms with Gasteiger partial charge in [0.15, 0.2) is 0 Å². The average molecular weight is 385 g/mol. The molecule has 2 aromatic rings. The molecular formula is C20H21BrN2O. The molecule has 3 rings (SSSR count). The van der Waals surface area contributed by atoms with Crippen LogP contribution in [0.5, 0.6) is 0 Å². The Morgan fingerprint density at radius 1 is 1.04 bits per heavy atom. The van der Waals surface area contributed by atoms with E-state index in [0.717, 1.165) is 28.8 Å². The molecule has 1 heterocycles. The molecule has 1 amide bonds. The smallest absolute Gasteiger partial charge is 0.248 e. The summed E-state index contributed by atoms with van der Waals surface area (Å²) in [7, 11) is 0. The highest BCUT2D eigenvalue weighted by Crippen LogP contribution is 2.21. The van der Waals surface area contributed by atoms with Crippen molar-refractivity contribution in [1.82, 2.24) is 0 Å². The molecule has 0 bridgehead atoms. The van der Waals surface area contributed by atoms with Crippen LogP contribution in [-0.2, 0) is 4.79 Å². The number of anilines is 2. The fourth-order valence-corrected chi connectivity index (χ4v) is 3.29. The van der Waals surface area contributed by atoms with Crippen LogP contribution in [0.1, 0.15) is 24.8 Å². The highest BCUT2D eigenvalue weighted by atomic mass is 79.9. The zero-order chi connectivity index (χ0) is 16.8. The fraction of sp³-hybridized carbons (Fsp3) is 0.250. The van der Waals surface area contributed by atoms with Gasteiger partial charge in [0.1, 0.15) is 0 Å². The topological polar surface area (TPSA) is 32.3 Å². The van der Waals surface area contributed by atoms with Crippen molar-refractivity contribution in [2.45, 2.75) is 19.3 Å². The summed E-state index contributed by atoms with van der Waals surface area (Å²) in [5.41, 5.74) is 3.04. The fourth-order valence-electron chi connectivity index (χ4n) is 2.87. The van der Waals surface area contributed by atoms with Crippen LogP contribution in [0.25, 0.3) is 6.08 Å². The lowest BCUT2D eigenvalue weighted by molar-refractivity contribution is -0.111. The van der Waals surface area contributed by atoms with Crippen LogP contribution in [-0.4, -0.2) is 19.0 Å². The molecule has 0 unspecified atom stereocenters. The minimum absolute atomic E-state index is 0.124. The standard InChI is InChI=1S/C20H21BrN2O/c21-17-6-4-5-16(15-17)7-12-20(24)22-18-8-10-19(11-9-18)23-13-2-1-3-14-23/h4-12,15H,1-3,13-14H2,(H,22,24)/b12-7+. The summed E-state index contributed by atoms with van der Waals surface area (Å²) < 4.78 is 0.998. The Bertz CT molecular complexity index is 719. The largest absolute Gasteiger partial charge is 0.372 e. The molecule has 0 atom stereocenters. The van der Waals surface area contributed by atoms with Crippen LogP contribution >= 0.6 is 15.9 Å². The maximum atomic E-state index is 12.0. The lowest BCUT2D eigenvalue weighted by Gasteiger charge is -2.28. The van der Waals surface area contributed by atoms with Gasteiger partial charge in [-0.2, -0.15) is 0 Å². The zero-order valence-corrected chi connectivity index (χ0v) is 15.1.